The molecule has 3 rings (SSSR count). The number of ketones is 1. The van der Waals surface area contributed by atoms with Gasteiger partial charge in [-0.2, -0.15) is 0 Å². The van der Waals surface area contributed by atoms with Gasteiger partial charge in [0.25, 0.3) is 0 Å². The van der Waals surface area contributed by atoms with E-state index in [4.69, 9.17) is 0 Å². The van der Waals surface area contributed by atoms with Gasteiger partial charge in [0.1, 0.15) is 5.75 Å². The normalized spacial score (nSPS) is 15.4. The van der Waals surface area contributed by atoms with Gasteiger partial charge in [-0.1, -0.05) is 24.3 Å². The van der Waals surface area contributed by atoms with E-state index in [0.717, 1.165) is 25.9 Å². The number of urea groups is 1. The highest BCUT2D eigenvalue weighted by molar-refractivity contribution is 6.02. The van der Waals surface area contributed by atoms with Crippen LogP contribution in [-0.4, -0.2) is 42.0 Å². The van der Waals surface area contributed by atoms with Crippen molar-refractivity contribution in [3.8, 4) is 5.75 Å². The molecule has 1 heterocycles. The number of nitrogens with one attached hydrogen (secondary N) is 2. The van der Waals surface area contributed by atoms with Gasteiger partial charge >= 0.3 is 6.03 Å². The molecule has 0 aromatic heterocycles. The molecule has 2 aromatic carbocycles. The van der Waals surface area contributed by atoms with Crippen molar-refractivity contribution in [1.29, 1.82) is 0 Å². The van der Waals surface area contributed by atoms with Gasteiger partial charge in [0.2, 0.25) is 0 Å². The number of Topliss-reactive ketones (excluding diaryl/α,β-unsaturated/α-hetero) is 1. The van der Waals surface area contributed by atoms with Crippen LogP contribution in [0.1, 0.15) is 23.2 Å². The second-order valence-electron chi connectivity index (χ2n) is 6.62. The molecule has 2 aromatic rings. The molecule has 0 aliphatic carbocycles. The van der Waals surface area contributed by atoms with E-state index in [1.165, 1.54) is 6.07 Å². The summed E-state index contributed by atoms with van der Waals surface area (Å²) in [6.07, 6.45) is 1.72. The summed E-state index contributed by atoms with van der Waals surface area (Å²) >= 11 is 0. The largest absolute Gasteiger partial charge is 0.506 e. The van der Waals surface area contributed by atoms with Crippen molar-refractivity contribution in [3.63, 3.8) is 0 Å². The molecule has 26 heavy (non-hydrogen) atoms. The Morgan fingerprint density at radius 3 is 2.50 bits per heavy atom. The summed E-state index contributed by atoms with van der Waals surface area (Å²) < 4.78 is 0. The number of rotatable bonds is 4. The maximum atomic E-state index is 12.7. The first-order chi connectivity index (χ1) is 12.5. The Labute approximate surface area is 152 Å². The van der Waals surface area contributed by atoms with Crippen LogP contribution in [0.3, 0.4) is 0 Å². The summed E-state index contributed by atoms with van der Waals surface area (Å²) in [6, 6.07) is 13.0. The summed E-state index contributed by atoms with van der Waals surface area (Å²) in [7, 11) is 2.06. The van der Waals surface area contributed by atoms with Crippen LogP contribution >= 0.6 is 0 Å². The Morgan fingerprint density at radius 1 is 1.04 bits per heavy atom. The number of para-hydroxylation sites is 2. The average molecular weight is 353 g/mol. The zero-order valence-corrected chi connectivity index (χ0v) is 14.7. The van der Waals surface area contributed by atoms with E-state index in [2.05, 4.69) is 22.6 Å². The number of hydrogen-bond acceptors (Lipinski definition) is 4. The van der Waals surface area contributed by atoms with Gasteiger partial charge in [-0.05, 0) is 57.2 Å². The molecule has 0 spiro atoms. The average Bonchev–Trinajstić information content (AvgIpc) is 2.64. The SMILES string of the molecule is CN1CCC(C(=O)c2cccc(NC(=O)Nc3ccccc3O)c2)CC1. The van der Waals surface area contributed by atoms with Gasteiger partial charge in [-0.15, -0.1) is 0 Å². The third-order valence-corrected chi connectivity index (χ3v) is 4.65. The van der Waals surface area contributed by atoms with Crippen LogP contribution in [0, 0.1) is 5.92 Å². The number of amides is 2. The molecule has 0 atom stereocenters. The highest BCUT2D eigenvalue weighted by atomic mass is 16.3. The standard InChI is InChI=1S/C20H23N3O3/c1-23-11-9-14(10-12-23)19(25)15-5-4-6-16(13-15)21-20(26)22-17-7-2-3-8-18(17)24/h2-8,13-14,24H,9-12H2,1H3,(H2,21,22,26). The molecule has 1 saturated heterocycles. The Hall–Kier alpha value is -2.86. The molecule has 6 heteroatoms. The summed E-state index contributed by atoms with van der Waals surface area (Å²) in [4.78, 5) is 27.1. The molecule has 1 fully saturated rings. The van der Waals surface area contributed by atoms with Crippen molar-refractivity contribution in [2.45, 2.75) is 12.8 Å². The molecule has 1 aliphatic heterocycles. The monoisotopic (exact) mass is 353 g/mol. The highest BCUT2D eigenvalue weighted by Crippen LogP contribution is 2.24. The number of nitrogens with zero attached hydrogens (tertiary/aromatic N) is 1. The van der Waals surface area contributed by atoms with Crippen LogP contribution in [0.15, 0.2) is 48.5 Å². The van der Waals surface area contributed by atoms with Crippen LogP contribution in [0.5, 0.6) is 5.75 Å². The molecular weight excluding hydrogens is 330 g/mol. The predicted octanol–water partition coefficient (Wildman–Crippen LogP) is 3.56. The van der Waals surface area contributed by atoms with Gasteiger partial charge in [-0.3, -0.25) is 4.79 Å². The second-order valence-corrected chi connectivity index (χ2v) is 6.62. The molecule has 0 radical (unpaired) electrons. The second kappa shape index (κ2) is 8.01. The lowest BCUT2D eigenvalue weighted by molar-refractivity contribution is 0.0857. The summed E-state index contributed by atoms with van der Waals surface area (Å²) in [5.41, 5.74) is 1.47. The molecule has 1 aliphatic rings. The number of carbonyl (C=O) groups is 2. The van der Waals surface area contributed by atoms with Crippen LogP contribution < -0.4 is 10.6 Å². The fraction of sp³-hybridized carbons (Fsp3) is 0.300. The van der Waals surface area contributed by atoms with Crippen LogP contribution in [0.2, 0.25) is 0 Å². The summed E-state index contributed by atoms with van der Waals surface area (Å²) in [6.45, 7) is 1.86. The van der Waals surface area contributed by atoms with E-state index >= 15 is 0 Å². The van der Waals surface area contributed by atoms with Gasteiger partial charge in [0, 0.05) is 17.2 Å². The highest BCUT2D eigenvalue weighted by Gasteiger charge is 2.24. The topological polar surface area (TPSA) is 81.7 Å². The third kappa shape index (κ3) is 4.40. The van der Waals surface area contributed by atoms with E-state index in [1.807, 2.05) is 0 Å². The number of phenolic OH excluding ortho intramolecular Hbond substituents is 1. The Morgan fingerprint density at radius 2 is 1.77 bits per heavy atom. The van der Waals surface area contributed by atoms with Gasteiger partial charge < -0.3 is 20.6 Å². The van der Waals surface area contributed by atoms with E-state index in [1.54, 1.807) is 42.5 Å². The zero-order valence-electron chi connectivity index (χ0n) is 14.7. The number of piperidine rings is 1. The molecular formula is C20H23N3O3. The number of phenols is 1. The van der Waals surface area contributed by atoms with Crippen molar-refractivity contribution in [3.05, 3.63) is 54.1 Å². The predicted molar refractivity (Wildman–Crippen MR) is 102 cm³/mol. The fourth-order valence-electron chi connectivity index (χ4n) is 3.12. The number of benzene rings is 2. The maximum Gasteiger partial charge on any atom is 0.323 e. The van der Waals surface area contributed by atoms with E-state index < -0.39 is 6.03 Å². The van der Waals surface area contributed by atoms with Crippen molar-refractivity contribution in [2.24, 2.45) is 5.92 Å². The Bertz CT molecular complexity index is 798. The first-order valence-electron chi connectivity index (χ1n) is 8.72. The van der Waals surface area contributed by atoms with Gasteiger partial charge in [0.15, 0.2) is 5.78 Å². The quantitative estimate of drug-likeness (QED) is 0.580. The van der Waals surface area contributed by atoms with E-state index in [0.29, 0.717) is 16.9 Å². The molecule has 0 unspecified atom stereocenters. The minimum absolute atomic E-state index is 0.00570. The number of likely N-dealkylation sites (tertiary alicyclic amines) is 1. The lowest BCUT2D eigenvalue weighted by Gasteiger charge is -2.28. The summed E-state index contributed by atoms with van der Waals surface area (Å²) in [5, 5.41) is 15.0. The minimum Gasteiger partial charge on any atom is -0.506 e. The zero-order chi connectivity index (χ0) is 18.5. The van der Waals surface area contributed by atoms with Crippen molar-refractivity contribution < 1.29 is 14.7 Å². The number of hydrogen-bond donors (Lipinski definition) is 3. The van der Waals surface area contributed by atoms with Crippen molar-refractivity contribution in [2.75, 3.05) is 30.8 Å². The van der Waals surface area contributed by atoms with Gasteiger partial charge in [-0.25, -0.2) is 4.79 Å². The van der Waals surface area contributed by atoms with E-state index in [-0.39, 0.29) is 17.5 Å². The van der Waals surface area contributed by atoms with Crippen molar-refractivity contribution >= 4 is 23.2 Å². The van der Waals surface area contributed by atoms with Crippen LogP contribution in [0.4, 0.5) is 16.2 Å². The lowest BCUT2D eigenvalue weighted by atomic mass is 9.89. The number of aromatic hydroxyl groups is 1. The molecule has 3 N–H and O–H groups in total. The number of anilines is 2. The molecule has 6 nitrogen and oxygen atoms in total. The van der Waals surface area contributed by atoms with Crippen LogP contribution in [-0.2, 0) is 0 Å². The Balaban J connectivity index is 1.64. The van der Waals surface area contributed by atoms with Gasteiger partial charge in [0.05, 0.1) is 5.69 Å². The first kappa shape index (κ1) is 17.9. The molecule has 2 amide bonds. The smallest absolute Gasteiger partial charge is 0.323 e. The first-order valence-corrected chi connectivity index (χ1v) is 8.72. The minimum atomic E-state index is -0.476. The van der Waals surface area contributed by atoms with Crippen LogP contribution in [0.25, 0.3) is 0 Å². The molecule has 136 valence electrons. The Kier molecular flexibility index (Phi) is 5.53. The summed E-state index contributed by atoms with van der Waals surface area (Å²) in [5.74, 6) is 0.160. The third-order valence-electron chi connectivity index (χ3n) is 4.65. The molecule has 0 bridgehead atoms. The fourth-order valence-corrected chi connectivity index (χ4v) is 3.12. The van der Waals surface area contributed by atoms with Crippen molar-refractivity contribution in [1.82, 2.24) is 4.90 Å². The number of carbonyl (C=O) groups excluding carboxylic acids is 2. The van der Waals surface area contributed by atoms with E-state index in [9.17, 15) is 14.7 Å². The lowest BCUT2D eigenvalue weighted by Crippen LogP contribution is -2.33. The molecule has 0 saturated carbocycles. The maximum absolute atomic E-state index is 12.7.